The number of hydrogen-bond donors (Lipinski definition) is 1. The van der Waals surface area contributed by atoms with E-state index in [4.69, 9.17) is 4.42 Å². The highest BCUT2D eigenvalue weighted by atomic mass is 19.1. The first-order valence-electron chi connectivity index (χ1n) is 10.8. The van der Waals surface area contributed by atoms with Gasteiger partial charge in [-0.25, -0.2) is 8.78 Å². The number of amides is 2. The quantitative estimate of drug-likeness (QED) is 0.428. The molecule has 1 N–H and O–H groups in total. The summed E-state index contributed by atoms with van der Waals surface area (Å²) in [6.45, 7) is 0.920. The lowest BCUT2D eigenvalue weighted by Crippen LogP contribution is -2.35. The van der Waals surface area contributed by atoms with Crippen molar-refractivity contribution in [3.05, 3.63) is 113 Å². The zero-order valence-corrected chi connectivity index (χ0v) is 18.1. The molecule has 1 aliphatic rings. The molecule has 0 atom stereocenters. The zero-order valence-electron chi connectivity index (χ0n) is 18.1. The minimum absolute atomic E-state index is 0.0231. The van der Waals surface area contributed by atoms with Gasteiger partial charge in [-0.1, -0.05) is 12.1 Å². The number of halogens is 2. The molecule has 2 heterocycles. The molecular formula is C27H20F2N2O3. The van der Waals surface area contributed by atoms with Gasteiger partial charge in [0, 0.05) is 41.9 Å². The number of nitrogens with one attached hydrogen (secondary N) is 1. The van der Waals surface area contributed by atoms with Crippen molar-refractivity contribution >= 4 is 17.5 Å². The largest absolute Gasteiger partial charge is 0.461 e. The molecule has 0 saturated carbocycles. The first-order valence-corrected chi connectivity index (χ1v) is 10.8. The summed E-state index contributed by atoms with van der Waals surface area (Å²) in [5.74, 6) is -0.142. The molecule has 4 aromatic rings. The van der Waals surface area contributed by atoms with Crippen molar-refractivity contribution in [3.63, 3.8) is 0 Å². The summed E-state index contributed by atoms with van der Waals surface area (Å²) in [4.78, 5) is 26.8. The number of nitrogens with zero attached hydrogens (tertiary/aromatic N) is 1. The van der Waals surface area contributed by atoms with E-state index in [0.29, 0.717) is 36.5 Å². The fraction of sp³-hybridized carbons (Fsp3) is 0.111. The zero-order chi connectivity index (χ0) is 23.7. The van der Waals surface area contributed by atoms with E-state index in [9.17, 15) is 18.4 Å². The fourth-order valence-corrected chi connectivity index (χ4v) is 3.99. The average Bonchev–Trinajstić information content (AvgIpc) is 3.28. The first-order chi connectivity index (χ1) is 16.5. The lowest BCUT2D eigenvalue weighted by molar-refractivity contribution is 0.0729. The third-order valence-electron chi connectivity index (χ3n) is 5.79. The van der Waals surface area contributed by atoms with Crippen LogP contribution >= 0.6 is 0 Å². The van der Waals surface area contributed by atoms with Gasteiger partial charge >= 0.3 is 0 Å². The van der Waals surface area contributed by atoms with Crippen molar-refractivity contribution in [2.75, 3.05) is 11.9 Å². The molecule has 3 aromatic carbocycles. The molecule has 170 valence electrons. The van der Waals surface area contributed by atoms with E-state index in [1.165, 1.54) is 42.5 Å². The third-order valence-corrected chi connectivity index (χ3v) is 5.79. The number of furan rings is 1. The van der Waals surface area contributed by atoms with Crippen LogP contribution in [0.3, 0.4) is 0 Å². The average molecular weight is 458 g/mol. The van der Waals surface area contributed by atoms with Gasteiger partial charge in [0.15, 0.2) is 0 Å². The summed E-state index contributed by atoms with van der Waals surface area (Å²) in [7, 11) is 0. The maximum absolute atomic E-state index is 13.8. The van der Waals surface area contributed by atoms with Gasteiger partial charge in [-0.2, -0.15) is 0 Å². The summed E-state index contributed by atoms with van der Waals surface area (Å²) in [6, 6.07) is 20.3. The van der Waals surface area contributed by atoms with E-state index in [0.717, 1.165) is 16.9 Å². The number of carbonyl (C=O) groups excluding carboxylic acids is 2. The monoisotopic (exact) mass is 458 g/mol. The SMILES string of the molecule is O=C(Nc1ccc(-c2cc3c(o2)CCN(C(=O)c2ccc(F)cc2)C3)cc1)c1ccccc1F. The summed E-state index contributed by atoms with van der Waals surface area (Å²) >= 11 is 0. The number of hydrogen-bond acceptors (Lipinski definition) is 3. The maximum Gasteiger partial charge on any atom is 0.258 e. The van der Waals surface area contributed by atoms with Crippen molar-refractivity contribution in [2.45, 2.75) is 13.0 Å². The van der Waals surface area contributed by atoms with Gasteiger partial charge in [-0.05, 0) is 66.7 Å². The minimum atomic E-state index is -0.579. The Bertz CT molecular complexity index is 1360. The molecule has 0 radical (unpaired) electrons. The highest BCUT2D eigenvalue weighted by Gasteiger charge is 2.25. The first kappa shape index (κ1) is 21.6. The van der Waals surface area contributed by atoms with Crippen molar-refractivity contribution in [2.24, 2.45) is 0 Å². The van der Waals surface area contributed by atoms with Crippen LogP contribution in [0.25, 0.3) is 11.3 Å². The van der Waals surface area contributed by atoms with Gasteiger partial charge in [-0.3, -0.25) is 9.59 Å². The van der Waals surface area contributed by atoms with Crippen LogP contribution in [0, 0.1) is 11.6 Å². The molecule has 1 aromatic heterocycles. The summed E-state index contributed by atoms with van der Waals surface area (Å²) < 4.78 is 33.0. The molecule has 0 unspecified atom stereocenters. The fourth-order valence-electron chi connectivity index (χ4n) is 3.99. The summed E-state index contributed by atoms with van der Waals surface area (Å²) in [5, 5.41) is 2.69. The van der Waals surface area contributed by atoms with Crippen molar-refractivity contribution < 1.29 is 22.8 Å². The normalized spacial score (nSPS) is 12.8. The van der Waals surface area contributed by atoms with E-state index in [1.807, 2.05) is 18.2 Å². The molecule has 0 spiro atoms. The summed E-state index contributed by atoms with van der Waals surface area (Å²) in [5.41, 5.74) is 2.69. The Morgan fingerprint density at radius 1 is 0.912 bits per heavy atom. The van der Waals surface area contributed by atoms with E-state index < -0.39 is 11.7 Å². The second-order valence-corrected chi connectivity index (χ2v) is 8.05. The van der Waals surface area contributed by atoms with Crippen LogP contribution in [-0.2, 0) is 13.0 Å². The Balaban J connectivity index is 1.28. The molecule has 5 nitrogen and oxygen atoms in total. The van der Waals surface area contributed by atoms with Crippen LogP contribution in [0.4, 0.5) is 14.5 Å². The maximum atomic E-state index is 13.8. The van der Waals surface area contributed by atoms with Crippen LogP contribution in [0.2, 0.25) is 0 Å². The number of rotatable bonds is 4. The lowest BCUT2D eigenvalue weighted by Gasteiger charge is -2.26. The standard InChI is InChI=1S/C27H20F2N2O3/c28-20-9-5-18(6-10-20)27(33)31-14-13-24-19(16-31)15-25(34-24)17-7-11-21(12-8-17)30-26(32)22-3-1-2-4-23(22)29/h1-12,15H,13-14,16H2,(H,30,32). The molecule has 2 amide bonds. The topological polar surface area (TPSA) is 62.6 Å². The second-order valence-electron chi connectivity index (χ2n) is 8.05. The van der Waals surface area contributed by atoms with E-state index in [2.05, 4.69) is 5.32 Å². The van der Waals surface area contributed by atoms with Gasteiger partial charge < -0.3 is 14.6 Å². The predicted octanol–water partition coefficient (Wildman–Crippen LogP) is 5.68. The Kier molecular flexibility index (Phi) is 5.67. The van der Waals surface area contributed by atoms with Gasteiger partial charge in [0.1, 0.15) is 23.2 Å². The Labute approximate surface area is 194 Å². The van der Waals surface area contributed by atoms with Crippen LogP contribution in [0.5, 0.6) is 0 Å². The molecule has 5 rings (SSSR count). The van der Waals surface area contributed by atoms with Crippen molar-refractivity contribution in [1.29, 1.82) is 0 Å². The van der Waals surface area contributed by atoms with Gasteiger partial charge in [0.2, 0.25) is 0 Å². The Morgan fingerprint density at radius 2 is 1.65 bits per heavy atom. The highest BCUT2D eigenvalue weighted by molar-refractivity contribution is 6.04. The van der Waals surface area contributed by atoms with Crippen LogP contribution < -0.4 is 5.32 Å². The molecule has 0 aliphatic carbocycles. The van der Waals surface area contributed by atoms with Gasteiger partial charge in [0.05, 0.1) is 5.56 Å². The number of carbonyl (C=O) groups is 2. The van der Waals surface area contributed by atoms with Crippen molar-refractivity contribution in [3.8, 4) is 11.3 Å². The smallest absolute Gasteiger partial charge is 0.258 e. The van der Waals surface area contributed by atoms with E-state index >= 15 is 0 Å². The molecular weight excluding hydrogens is 438 g/mol. The Hall–Kier alpha value is -4.26. The predicted molar refractivity (Wildman–Crippen MR) is 123 cm³/mol. The molecule has 0 bridgehead atoms. The van der Waals surface area contributed by atoms with Gasteiger partial charge in [0.25, 0.3) is 11.8 Å². The molecule has 7 heteroatoms. The third kappa shape index (κ3) is 4.32. The second kappa shape index (κ2) is 8.94. The molecule has 34 heavy (non-hydrogen) atoms. The van der Waals surface area contributed by atoms with Crippen LogP contribution in [0.1, 0.15) is 32.0 Å². The van der Waals surface area contributed by atoms with Gasteiger partial charge in [-0.15, -0.1) is 0 Å². The van der Waals surface area contributed by atoms with E-state index in [-0.39, 0.29) is 17.3 Å². The molecule has 1 aliphatic heterocycles. The minimum Gasteiger partial charge on any atom is -0.461 e. The highest BCUT2D eigenvalue weighted by Crippen LogP contribution is 2.31. The van der Waals surface area contributed by atoms with E-state index in [1.54, 1.807) is 23.1 Å². The summed E-state index contributed by atoms with van der Waals surface area (Å²) in [6.07, 6.45) is 0.582. The molecule has 0 saturated heterocycles. The number of anilines is 1. The number of benzene rings is 3. The van der Waals surface area contributed by atoms with Crippen LogP contribution in [-0.4, -0.2) is 23.3 Å². The Morgan fingerprint density at radius 3 is 2.38 bits per heavy atom. The lowest BCUT2D eigenvalue weighted by atomic mass is 10.1. The molecule has 0 fully saturated rings. The van der Waals surface area contributed by atoms with Crippen LogP contribution in [0.15, 0.2) is 83.3 Å². The van der Waals surface area contributed by atoms with Crippen molar-refractivity contribution in [1.82, 2.24) is 4.90 Å². The number of fused-ring (bicyclic) bond motifs is 1.